The smallest absolute Gasteiger partial charge is 0.213 e. The van der Waals surface area contributed by atoms with Gasteiger partial charge < -0.3 is 14.3 Å². The number of ketones is 1. The first-order chi connectivity index (χ1) is 11.9. The van der Waals surface area contributed by atoms with Gasteiger partial charge in [0.25, 0.3) is 0 Å². The van der Waals surface area contributed by atoms with E-state index in [2.05, 4.69) is 17.1 Å². The molecule has 0 radical (unpaired) electrons. The van der Waals surface area contributed by atoms with Crippen LogP contribution < -0.4 is 9.47 Å². The predicted octanol–water partition coefficient (Wildman–Crippen LogP) is 4.45. The largest absolute Gasteiger partial charge is 0.493 e. The van der Waals surface area contributed by atoms with E-state index in [4.69, 9.17) is 9.47 Å². The number of pyridine rings is 1. The molecule has 4 nitrogen and oxygen atoms in total. The molecule has 0 saturated carbocycles. The third-order valence-corrected chi connectivity index (χ3v) is 3.66. The van der Waals surface area contributed by atoms with Crippen molar-refractivity contribution in [1.29, 1.82) is 0 Å². The van der Waals surface area contributed by atoms with Crippen molar-refractivity contribution in [1.82, 2.24) is 4.98 Å². The van der Waals surface area contributed by atoms with E-state index in [1.165, 1.54) is 5.56 Å². The van der Waals surface area contributed by atoms with Crippen LogP contribution in [0.5, 0.6) is 11.6 Å². The SMILES string of the molecule is CC(=O)C[C@@H](C)COc1ccc(Cc2ccc(OC(C)C)nc2)cc1. The zero-order valence-corrected chi connectivity index (χ0v) is 15.5. The molecule has 2 aromatic rings. The molecule has 1 heterocycles. The van der Waals surface area contributed by atoms with Crippen molar-refractivity contribution in [3.8, 4) is 11.6 Å². The number of hydrogen-bond acceptors (Lipinski definition) is 4. The third-order valence-electron chi connectivity index (χ3n) is 3.66. The maximum atomic E-state index is 11.1. The van der Waals surface area contributed by atoms with E-state index in [-0.39, 0.29) is 17.8 Å². The van der Waals surface area contributed by atoms with Gasteiger partial charge in [0.05, 0.1) is 12.7 Å². The van der Waals surface area contributed by atoms with E-state index in [9.17, 15) is 4.79 Å². The van der Waals surface area contributed by atoms with Gasteiger partial charge in [0.15, 0.2) is 0 Å². The Bertz CT molecular complexity index is 663. The van der Waals surface area contributed by atoms with Crippen molar-refractivity contribution in [2.75, 3.05) is 6.61 Å². The fourth-order valence-electron chi connectivity index (χ4n) is 2.55. The minimum Gasteiger partial charge on any atom is -0.493 e. The van der Waals surface area contributed by atoms with E-state index in [1.54, 1.807) is 6.92 Å². The summed E-state index contributed by atoms with van der Waals surface area (Å²) < 4.78 is 11.3. The third kappa shape index (κ3) is 6.96. The molecule has 0 N–H and O–H groups in total. The molecule has 0 saturated heterocycles. The molecule has 1 atom stereocenters. The number of carbonyl (C=O) groups excluding carboxylic acids is 1. The standard InChI is InChI=1S/C21H27NO3/c1-15(2)25-21-10-7-19(13-22-21)12-18-5-8-20(9-6-18)24-14-16(3)11-17(4)23/h5-10,13,15-16H,11-12,14H2,1-4H3/t16-/m1/s1. The van der Waals surface area contributed by atoms with E-state index in [1.807, 2.05) is 51.2 Å². The summed E-state index contributed by atoms with van der Waals surface area (Å²) in [6, 6.07) is 12.0. The van der Waals surface area contributed by atoms with Crippen molar-refractivity contribution >= 4 is 5.78 Å². The number of ether oxygens (including phenoxy) is 2. The Hall–Kier alpha value is -2.36. The van der Waals surface area contributed by atoms with Crippen LogP contribution in [0.2, 0.25) is 0 Å². The maximum absolute atomic E-state index is 11.1. The molecule has 0 aliphatic rings. The molecule has 0 spiro atoms. The van der Waals surface area contributed by atoms with Crippen LogP contribution in [0, 0.1) is 5.92 Å². The fourth-order valence-corrected chi connectivity index (χ4v) is 2.55. The molecular formula is C21H27NO3. The minimum absolute atomic E-state index is 0.129. The van der Waals surface area contributed by atoms with Gasteiger partial charge in [-0.05, 0) is 56.4 Å². The summed E-state index contributed by atoms with van der Waals surface area (Å²) in [6.45, 7) is 8.16. The molecule has 0 amide bonds. The molecule has 134 valence electrons. The quantitative estimate of drug-likeness (QED) is 0.676. The predicted molar refractivity (Wildman–Crippen MR) is 99.2 cm³/mol. The Balaban J connectivity index is 1.86. The van der Waals surface area contributed by atoms with Gasteiger partial charge >= 0.3 is 0 Å². The van der Waals surface area contributed by atoms with Gasteiger partial charge in [-0.25, -0.2) is 4.98 Å². The molecule has 0 bridgehead atoms. The Morgan fingerprint density at radius 1 is 1.04 bits per heavy atom. The number of carbonyl (C=O) groups is 1. The molecule has 1 aromatic heterocycles. The summed E-state index contributed by atoms with van der Waals surface area (Å²) in [6.07, 6.45) is 3.35. The summed E-state index contributed by atoms with van der Waals surface area (Å²) in [7, 11) is 0. The number of hydrogen-bond donors (Lipinski definition) is 0. The highest BCUT2D eigenvalue weighted by Crippen LogP contribution is 2.17. The van der Waals surface area contributed by atoms with Crippen LogP contribution >= 0.6 is 0 Å². The maximum Gasteiger partial charge on any atom is 0.213 e. The average Bonchev–Trinajstić information content (AvgIpc) is 2.55. The van der Waals surface area contributed by atoms with Crippen LogP contribution in [0.25, 0.3) is 0 Å². The first kappa shape index (κ1) is 19.0. The molecule has 4 heteroatoms. The van der Waals surface area contributed by atoms with Crippen molar-refractivity contribution < 1.29 is 14.3 Å². The minimum atomic E-state index is 0.129. The van der Waals surface area contributed by atoms with Crippen LogP contribution in [0.3, 0.4) is 0 Å². The summed E-state index contributed by atoms with van der Waals surface area (Å²) in [5, 5.41) is 0. The molecular weight excluding hydrogens is 314 g/mol. The molecule has 1 aromatic carbocycles. The normalized spacial score (nSPS) is 12.0. The number of aromatic nitrogens is 1. The molecule has 2 rings (SSSR count). The first-order valence-electron chi connectivity index (χ1n) is 8.75. The van der Waals surface area contributed by atoms with Gasteiger partial charge in [0, 0.05) is 18.7 Å². The lowest BCUT2D eigenvalue weighted by Gasteiger charge is -2.12. The van der Waals surface area contributed by atoms with E-state index < -0.39 is 0 Å². The van der Waals surface area contributed by atoms with Gasteiger partial charge in [-0.3, -0.25) is 0 Å². The van der Waals surface area contributed by atoms with Crippen LogP contribution in [-0.4, -0.2) is 23.5 Å². The van der Waals surface area contributed by atoms with Crippen molar-refractivity contribution in [2.24, 2.45) is 5.92 Å². The molecule has 0 aliphatic heterocycles. The van der Waals surface area contributed by atoms with Crippen LogP contribution in [0.4, 0.5) is 0 Å². The van der Waals surface area contributed by atoms with Crippen molar-refractivity contribution in [3.63, 3.8) is 0 Å². The van der Waals surface area contributed by atoms with Gasteiger partial charge in [-0.2, -0.15) is 0 Å². The van der Waals surface area contributed by atoms with E-state index in [0.29, 0.717) is 18.9 Å². The zero-order valence-electron chi connectivity index (χ0n) is 15.5. The molecule has 0 aliphatic carbocycles. The molecule has 0 fully saturated rings. The highest BCUT2D eigenvalue weighted by Gasteiger charge is 2.07. The molecule has 25 heavy (non-hydrogen) atoms. The lowest BCUT2D eigenvalue weighted by atomic mass is 10.1. The second-order valence-corrected chi connectivity index (χ2v) is 6.81. The van der Waals surface area contributed by atoms with E-state index in [0.717, 1.165) is 17.7 Å². The monoisotopic (exact) mass is 341 g/mol. The topological polar surface area (TPSA) is 48.4 Å². The fraction of sp³-hybridized carbons (Fsp3) is 0.429. The number of nitrogens with zero attached hydrogens (tertiary/aromatic N) is 1. The lowest BCUT2D eigenvalue weighted by molar-refractivity contribution is -0.118. The average molecular weight is 341 g/mol. The van der Waals surface area contributed by atoms with Gasteiger partial charge in [0.1, 0.15) is 11.5 Å². The van der Waals surface area contributed by atoms with Crippen LogP contribution in [-0.2, 0) is 11.2 Å². The van der Waals surface area contributed by atoms with Crippen molar-refractivity contribution in [3.05, 3.63) is 53.7 Å². The Kier molecular flexibility index (Phi) is 6.99. The second-order valence-electron chi connectivity index (χ2n) is 6.81. The molecule has 0 unspecified atom stereocenters. The number of benzene rings is 1. The van der Waals surface area contributed by atoms with Crippen molar-refractivity contribution in [2.45, 2.75) is 46.6 Å². The summed E-state index contributed by atoms with van der Waals surface area (Å²) in [5.74, 6) is 1.92. The first-order valence-corrected chi connectivity index (χ1v) is 8.75. The number of Topliss-reactive ketones (excluding diaryl/α,β-unsaturated/α-hetero) is 1. The van der Waals surface area contributed by atoms with Gasteiger partial charge in [-0.1, -0.05) is 25.1 Å². The zero-order chi connectivity index (χ0) is 18.2. The Labute approximate surface area is 150 Å². The van der Waals surface area contributed by atoms with Crippen LogP contribution in [0.15, 0.2) is 42.6 Å². The second kappa shape index (κ2) is 9.21. The highest BCUT2D eigenvalue weighted by atomic mass is 16.5. The Morgan fingerprint density at radius 2 is 1.72 bits per heavy atom. The van der Waals surface area contributed by atoms with Gasteiger partial charge in [0.2, 0.25) is 5.88 Å². The summed E-state index contributed by atoms with van der Waals surface area (Å²) in [4.78, 5) is 15.4. The number of rotatable bonds is 9. The lowest BCUT2D eigenvalue weighted by Crippen LogP contribution is -2.11. The summed E-state index contributed by atoms with van der Waals surface area (Å²) >= 11 is 0. The van der Waals surface area contributed by atoms with Crippen LogP contribution in [0.1, 0.15) is 45.2 Å². The summed E-state index contributed by atoms with van der Waals surface area (Å²) in [5.41, 5.74) is 2.34. The van der Waals surface area contributed by atoms with Gasteiger partial charge in [-0.15, -0.1) is 0 Å². The Morgan fingerprint density at radius 3 is 2.28 bits per heavy atom. The van der Waals surface area contributed by atoms with E-state index >= 15 is 0 Å². The highest BCUT2D eigenvalue weighted by molar-refractivity contribution is 5.75.